The van der Waals surface area contributed by atoms with Crippen molar-refractivity contribution in [2.24, 2.45) is 5.92 Å². The van der Waals surface area contributed by atoms with E-state index < -0.39 is 21.0 Å². The zero-order chi connectivity index (χ0) is 19.4. The minimum atomic E-state index is -3.57. The van der Waals surface area contributed by atoms with Gasteiger partial charge in [0, 0.05) is 24.8 Å². The van der Waals surface area contributed by atoms with Gasteiger partial charge in [0.1, 0.15) is 5.25 Å². The molecule has 0 bridgehead atoms. The number of ether oxygens (including phenoxy) is 1. The van der Waals surface area contributed by atoms with Crippen LogP contribution in [0, 0.1) is 5.92 Å². The Morgan fingerprint density at radius 2 is 2.04 bits per heavy atom. The Bertz CT molecular complexity index is 798. The third kappa shape index (κ3) is 5.52. The van der Waals surface area contributed by atoms with E-state index in [1.54, 1.807) is 18.2 Å². The molecule has 2 aliphatic rings. The molecule has 2 unspecified atom stereocenters. The lowest BCUT2D eigenvalue weighted by molar-refractivity contribution is -0.120. The highest BCUT2D eigenvalue weighted by molar-refractivity contribution is 7.92. The highest BCUT2D eigenvalue weighted by atomic mass is 32.2. The van der Waals surface area contributed by atoms with Crippen LogP contribution in [-0.2, 0) is 30.7 Å². The maximum atomic E-state index is 12.4. The van der Waals surface area contributed by atoms with E-state index in [0.717, 1.165) is 24.8 Å². The fourth-order valence-electron chi connectivity index (χ4n) is 3.02. The largest absolute Gasteiger partial charge is 0.377 e. The van der Waals surface area contributed by atoms with Crippen molar-refractivity contribution in [3.8, 4) is 0 Å². The first-order chi connectivity index (χ1) is 12.8. The van der Waals surface area contributed by atoms with Gasteiger partial charge in [-0.1, -0.05) is 12.1 Å². The number of hydrogen-bond acceptors (Lipinski definition) is 5. The quantitative estimate of drug-likeness (QED) is 0.698. The normalized spacial score (nSPS) is 20.9. The van der Waals surface area contributed by atoms with Crippen molar-refractivity contribution >= 4 is 27.3 Å². The van der Waals surface area contributed by atoms with E-state index in [2.05, 4.69) is 10.6 Å². The van der Waals surface area contributed by atoms with E-state index in [1.165, 1.54) is 6.92 Å². The summed E-state index contributed by atoms with van der Waals surface area (Å²) in [5.41, 5.74) is 1.47. The highest BCUT2D eigenvalue weighted by Gasteiger charge is 2.32. The van der Waals surface area contributed by atoms with Gasteiger partial charge in [0.2, 0.25) is 11.8 Å². The molecular formula is C19H26N2O5S. The standard InChI is InChI=1S/C19H26N2O5S/c1-13(27(24,25)12-17-6-3-9-26-17)18(22)20-11-14-4-2-5-16(10-14)21-19(23)15-7-8-15/h2,4-5,10,13,15,17H,3,6-9,11-12H2,1H3,(H,20,22)(H,21,23). The first kappa shape index (κ1) is 19.8. The van der Waals surface area contributed by atoms with Gasteiger partial charge in [-0.25, -0.2) is 8.42 Å². The van der Waals surface area contributed by atoms with Crippen LogP contribution in [0.5, 0.6) is 0 Å². The van der Waals surface area contributed by atoms with Crippen LogP contribution >= 0.6 is 0 Å². The third-order valence-electron chi connectivity index (χ3n) is 4.96. The fraction of sp³-hybridized carbons (Fsp3) is 0.579. The third-order valence-corrected chi connectivity index (χ3v) is 7.09. The van der Waals surface area contributed by atoms with Crippen molar-refractivity contribution in [3.05, 3.63) is 29.8 Å². The van der Waals surface area contributed by atoms with Crippen molar-refractivity contribution in [2.75, 3.05) is 17.7 Å². The molecule has 3 rings (SSSR count). The second kappa shape index (κ2) is 8.39. The number of hydrogen-bond donors (Lipinski definition) is 2. The summed E-state index contributed by atoms with van der Waals surface area (Å²) in [6, 6.07) is 7.19. The van der Waals surface area contributed by atoms with Gasteiger partial charge >= 0.3 is 0 Å². The molecule has 2 N–H and O–H groups in total. The fourth-order valence-corrected chi connectivity index (χ4v) is 4.50. The molecular weight excluding hydrogens is 368 g/mol. The van der Waals surface area contributed by atoms with E-state index in [9.17, 15) is 18.0 Å². The molecule has 2 amide bonds. The molecule has 1 aliphatic carbocycles. The van der Waals surface area contributed by atoms with Crippen LogP contribution in [0.1, 0.15) is 38.2 Å². The zero-order valence-corrected chi connectivity index (χ0v) is 16.3. The van der Waals surface area contributed by atoms with Crippen LogP contribution in [0.3, 0.4) is 0 Å². The van der Waals surface area contributed by atoms with Gasteiger partial charge < -0.3 is 15.4 Å². The molecule has 27 heavy (non-hydrogen) atoms. The first-order valence-electron chi connectivity index (χ1n) is 9.36. The Balaban J connectivity index is 1.52. The van der Waals surface area contributed by atoms with Crippen molar-refractivity contribution in [1.82, 2.24) is 5.32 Å². The summed E-state index contributed by atoms with van der Waals surface area (Å²) < 4.78 is 30.2. The predicted octanol–water partition coefficient (Wildman–Crippen LogP) is 1.63. The number of nitrogens with one attached hydrogen (secondary N) is 2. The number of amides is 2. The average molecular weight is 394 g/mol. The van der Waals surface area contributed by atoms with Crippen LogP contribution in [-0.4, -0.2) is 43.9 Å². The molecule has 1 aliphatic heterocycles. The molecule has 7 nitrogen and oxygen atoms in total. The Morgan fingerprint density at radius 3 is 2.70 bits per heavy atom. The smallest absolute Gasteiger partial charge is 0.238 e. The zero-order valence-electron chi connectivity index (χ0n) is 15.4. The Hall–Kier alpha value is -1.93. The van der Waals surface area contributed by atoms with Gasteiger partial charge in [-0.15, -0.1) is 0 Å². The second-order valence-electron chi connectivity index (χ2n) is 7.29. The van der Waals surface area contributed by atoms with Gasteiger partial charge in [0.15, 0.2) is 9.84 Å². The number of carbonyl (C=O) groups is 2. The lowest BCUT2D eigenvalue weighted by Gasteiger charge is -2.16. The van der Waals surface area contributed by atoms with Crippen LogP contribution in [0.25, 0.3) is 0 Å². The summed E-state index contributed by atoms with van der Waals surface area (Å²) in [5, 5.41) is 4.41. The van der Waals surface area contributed by atoms with Crippen LogP contribution < -0.4 is 10.6 Å². The Labute approximate surface area is 159 Å². The molecule has 1 aromatic rings. The van der Waals surface area contributed by atoms with E-state index in [1.807, 2.05) is 6.07 Å². The van der Waals surface area contributed by atoms with Crippen molar-refractivity contribution < 1.29 is 22.7 Å². The maximum absolute atomic E-state index is 12.4. The average Bonchev–Trinajstić information content (AvgIpc) is 3.38. The molecule has 2 atom stereocenters. The number of sulfone groups is 1. The number of carbonyl (C=O) groups excluding carboxylic acids is 2. The molecule has 0 spiro atoms. The lowest BCUT2D eigenvalue weighted by Crippen LogP contribution is -2.40. The molecule has 2 fully saturated rings. The van der Waals surface area contributed by atoms with Crippen LogP contribution in [0.15, 0.2) is 24.3 Å². The summed E-state index contributed by atoms with van der Waals surface area (Å²) in [6.45, 7) is 2.19. The monoisotopic (exact) mass is 394 g/mol. The molecule has 1 saturated carbocycles. The molecule has 1 heterocycles. The van der Waals surface area contributed by atoms with Crippen molar-refractivity contribution in [1.29, 1.82) is 0 Å². The van der Waals surface area contributed by atoms with Crippen LogP contribution in [0.4, 0.5) is 5.69 Å². The van der Waals surface area contributed by atoms with Gasteiger partial charge in [-0.2, -0.15) is 0 Å². The minimum Gasteiger partial charge on any atom is -0.377 e. The highest BCUT2D eigenvalue weighted by Crippen LogP contribution is 2.30. The van der Waals surface area contributed by atoms with E-state index in [4.69, 9.17) is 4.74 Å². The van der Waals surface area contributed by atoms with Gasteiger partial charge in [-0.3, -0.25) is 9.59 Å². The first-order valence-corrected chi connectivity index (χ1v) is 11.1. The summed E-state index contributed by atoms with van der Waals surface area (Å²) in [4.78, 5) is 24.1. The van der Waals surface area contributed by atoms with Crippen molar-refractivity contribution in [3.63, 3.8) is 0 Å². The topological polar surface area (TPSA) is 102 Å². The number of rotatable bonds is 8. The van der Waals surface area contributed by atoms with Crippen molar-refractivity contribution in [2.45, 2.75) is 50.5 Å². The molecule has 0 aromatic heterocycles. The van der Waals surface area contributed by atoms with Crippen LogP contribution in [0.2, 0.25) is 0 Å². The molecule has 0 radical (unpaired) electrons. The summed E-state index contributed by atoms with van der Waals surface area (Å²) in [6.07, 6.45) is 3.12. The lowest BCUT2D eigenvalue weighted by atomic mass is 10.2. The van der Waals surface area contributed by atoms with E-state index >= 15 is 0 Å². The molecule has 1 aromatic carbocycles. The Kier molecular flexibility index (Phi) is 6.16. The Morgan fingerprint density at radius 1 is 1.26 bits per heavy atom. The van der Waals surface area contributed by atoms with Gasteiger partial charge in [0.25, 0.3) is 0 Å². The van der Waals surface area contributed by atoms with E-state index in [0.29, 0.717) is 18.7 Å². The predicted molar refractivity (Wildman–Crippen MR) is 102 cm³/mol. The molecule has 1 saturated heterocycles. The summed E-state index contributed by atoms with van der Waals surface area (Å²) in [5.74, 6) is -0.515. The second-order valence-corrected chi connectivity index (χ2v) is 9.65. The summed E-state index contributed by atoms with van der Waals surface area (Å²) in [7, 11) is -3.57. The molecule has 8 heteroatoms. The van der Waals surface area contributed by atoms with Gasteiger partial charge in [0.05, 0.1) is 11.9 Å². The molecule has 148 valence electrons. The SMILES string of the molecule is CC(C(=O)NCc1cccc(NC(=O)C2CC2)c1)S(=O)(=O)CC1CCCO1. The van der Waals surface area contributed by atoms with Gasteiger partial charge in [-0.05, 0) is 50.3 Å². The van der Waals surface area contributed by atoms with E-state index in [-0.39, 0.29) is 30.2 Å². The maximum Gasteiger partial charge on any atom is 0.238 e. The summed E-state index contributed by atoms with van der Waals surface area (Å²) >= 11 is 0. The number of anilines is 1. The minimum absolute atomic E-state index is 0.0185. The number of benzene rings is 1.